The minimum atomic E-state index is -4.94. The fourth-order valence-electron chi connectivity index (χ4n) is 9.53. The lowest BCUT2D eigenvalue weighted by Gasteiger charge is -2.21. The van der Waals surface area contributed by atoms with Crippen molar-refractivity contribution in [2.45, 2.75) is 336 Å². The number of rotatable bonds is 63. The molecule has 492 valence electrons. The third kappa shape index (κ3) is 58.8. The van der Waals surface area contributed by atoms with Crippen LogP contribution in [-0.4, -0.2) is 96.7 Å². The van der Waals surface area contributed by atoms with Crippen LogP contribution in [0.3, 0.4) is 0 Å². The first-order valence-electron chi connectivity index (χ1n) is 33.5. The first-order chi connectivity index (χ1) is 39.9. The molecule has 0 saturated heterocycles. The third-order valence-corrected chi connectivity index (χ3v) is 16.6. The van der Waals surface area contributed by atoms with Crippen LogP contribution in [0.5, 0.6) is 0 Å². The van der Waals surface area contributed by atoms with Crippen molar-refractivity contribution in [2.75, 3.05) is 39.6 Å². The maximum Gasteiger partial charge on any atom is 0.472 e. The van der Waals surface area contributed by atoms with Gasteiger partial charge in [-0.2, -0.15) is 0 Å². The average molecular weight is 1230 g/mol. The number of carbonyl (C=O) groups is 4. The number of phosphoric acid groups is 2. The summed E-state index contributed by atoms with van der Waals surface area (Å²) in [7, 11) is -9.88. The quantitative estimate of drug-likeness (QED) is 0.0222. The van der Waals surface area contributed by atoms with Gasteiger partial charge in [0.05, 0.1) is 26.4 Å². The van der Waals surface area contributed by atoms with Gasteiger partial charge in [0.25, 0.3) is 0 Å². The van der Waals surface area contributed by atoms with Gasteiger partial charge in [0.2, 0.25) is 0 Å². The SMILES string of the molecule is CCCCCCCCCCCCCC(=O)OC[C@H](COP(=O)(O)OC[C@@H](O)COP(=O)(O)OC[C@@H](COC(=O)CCCCCCCCCCC)OC(=O)CCCCCCCCCC(C)C)OC(=O)CCCCCCCCCCCCC(C)C. The molecule has 3 N–H and O–H groups in total. The zero-order valence-electron chi connectivity index (χ0n) is 53.5. The van der Waals surface area contributed by atoms with E-state index in [1.807, 2.05) is 0 Å². The fraction of sp³-hybridized carbons (Fsp3) is 0.938. The molecular weight excluding hydrogens is 1100 g/mol. The van der Waals surface area contributed by atoms with Crippen molar-refractivity contribution in [2.24, 2.45) is 11.8 Å². The van der Waals surface area contributed by atoms with Gasteiger partial charge in [-0.15, -0.1) is 0 Å². The summed E-state index contributed by atoms with van der Waals surface area (Å²) in [5.74, 6) is -0.688. The molecule has 0 saturated carbocycles. The predicted octanol–water partition coefficient (Wildman–Crippen LogP) is 17.7. The first kappa shape index (κ1) is 81.1. The zero-order valence-corrected chi connectivity index (χ0v) is 55.3. The number of carbonyl (C=O) groups excluding carboxylic acids is 4. The van der Waals surface area contributed by atoms with E-state index in [2.05, 4.69) is 41.5 Å². The van der Waals surface area contributed by atoms with Crippen molar-refractivity contribution in [3.63, 3.8) is 0 Å². The molecule has 0 aliphatic heterocycles. The topological polar surface area (TPSA) is 237 Å². The first-order valence-corrected chi connectivity index (χ1v) is 36.5. The molecule has 0 amide bonds. The summed E-state index contributed by atoms with van der Waals surface area (Å²) >= 11 is 0. The lowest BCUT2D eigenvalue weighted by atomic mass is 10.0. The highest BCUT2D eigenvalue weighted by Gasteiger charge is 2.30. The van der Waals surface area contributed by atoms with E-state index in [1.165, 1.54) is 135 Å². The number of unbranched alkanes of at least 4 members (excludes halogenated alkanes) is 33. The molecule has 0 radical (unpaired) electrons. The largest absolute Gasteiger partial charge is 0.472 e. The number of hydrogen-bond acceptors (Lipinski definition) is 15. The highest BCUT2D eigenvalue weighted by atomic mass is 31.2. The monoisotopic (exact) mass is 1230 g/mol. The Kier molecular flexibility index (Phi) is 55.2. The molecule has 0 aliphatic rings. The maximum absolute atomic E-state index is 13.0. The van der Waals surface area contributed by atoms with E-state index in [0.29, 0.717) is 31.6 Å². The highest BCUT2D eigenvalue weighted by Crippen LogP contribution is 2.45. The van der Waals surface area contributed by atoms with Crippen molar-refractivity contribution < 1.29 is 80.2 Å². The molecule has 0 aromatic rings. The standard InChI is InChI=1S/C64H124O17P2/c1-7-9-11-13-15-17-18-23-29-35-41-47-62(67)75-52-59(80-63(68)48-42-36-30-24-20-19-22-26-32-38-44-56(3)4)54-78-82(70,71)76-50-58(65)51-77-83(72,73)79-55-60(53-74-61(66)46-40-34-28-21-16-14-12-10-8-2)81-64(69)49-43-37-31-25-27-33-39-45-57(5)6/h56-60,65H,7-55H2,1-6H3,(H,70,71)(H,72,73)/t58-,59-,60-/m1/s1. The van der Waals surface area contributed by atoms with Crippen molar-refractivity contribution in [3.05, 3.63) is 0 Å². The number of hydrogen-bond donors (Lipinski definition) is 3. The second-order valence-electron chi connectivity index (χ2n) is 24.1. The van der Waals surface area contributed by atoms with Crippen LogP contribution >= 0.6 is 15.6 Å². The minimum absolute atomic E-state index is 0.103. The van der Waals surface area contributed by atoms with Gasteiger partial charge in [0, 0.05) is 25.7 Å². The van der Waals surface area contributed by atoms with E-state index in [1.54, 1.807) is 0 Å². The molecule has 0 spiro atoms. The molecule has 0 fully saturated rings. The summed E-state index contributed by atoms with van der Waals surface area (Å²) in [5, 5.41) is 10.5. The number of ether oxygens (including phenoxy) is 4. The summed E-state index contributed by atoms with van der Waals surface area (Å²) in [6.07, 6.45) is 39.0. The molecule has 0 rings (SSSR count). The van der Waals surface area contributed by atoms with Crippen molar-refractivity contribution >= 4 is 39.5 Å². The Hall–Kier alpha value is -1.94. The van der Waals surface area contributed by atoms with Gasteiger partial charge in [-0.1, -0.05) is 266 Å². The van der Waals surface area contributed by atoms with E-state index in [-0.39, 0.29) is 25.7 Å². The summed E-state index contributed by atoms with van der Waals surface area (Å²) in [4.78, 5) is 72.2. The van der Waals surface area contributed by atoms with Crippen LogP contribution < -0.4 is 0 Å². The Morgan fingerprint density at radius 3 is 0.819 bits per heavy atom. The summed E-state index contributed by atoms with van der Waals surface area (Å²) in [5.41, 5.74) is 0. The van der Waals surface area contributed by atoms with Crippen LogP contribution in [0.1, 0.15) is 318 Å². The maximum atomic E-state index is 13.0. The van der Waals surface area contributed by atoms with Gasteiger partial charge in [-0.3, -0.25) is 37.3 Å². The van der Waals surface area contributed by atoms with E-state index in [0.717, 1.165) is 95.8 Å². The summed E-state index contributed by atoms with van der Waals surface area (Å²) in [6.45, 7) is 9.41. The highest BCUT2D eigenvalue weighted by molar-refractivity contribution is 7.47. The van der Waals surface area contributed by atoms with Crippen LogP contribution in [0.4, 0.5) is 0 Å². The molecule has 5 atom stereocenters. The molecule has 0 heterocycles. The van der Waals surface area contributed by atoms with E-state index in [9.17, 15) is 43.2 Å². The van der Waals surface area contributed by atoms with Crippen LogP contribution in [-0.2, 0) is 65.4 Å². The van der Waals surface area contributed by atoms with Crippen molar-refractivity contribution in [1.82, 2.24) is 0 Å². The fourth-order valence-corrected chi connectivity index (χ4v) is 11.1. The normalized spacial score (nSPS) is 14.3. The number of aliphatic hydroxyl groups is 1. The average Bonchev–Trinajstić information content (AvgIpc) is 3.44. The van der Waals surface area contributed by atoms with Gasteiger partial charge in [-0.25, -0.2) is 9.13 Å². The second-order valence-corrected chi connectivity index (χ2v) is 27.0. The molecule has 0 aromatic carbocycles. The summed E-state index contributed by atoms with van der Waals surface area (Å²) in [6, 6.07) is 0. The summed E-state index contributed by atoms with van der Waals surface area (Å²) < 4.78 is 68.0. The number of aliphatic hydroxyl groups excluding tert-OH is 1. The number of esters is 4. The lowest BCUT2D eigenvalue weighted by Crippen LogP contribution is -2.30. The van der Waals surface area contributed by atoms with Gasteiger partial charge in [0.15, 0.2) is 12.2 Å². The van der Waals surface area contributed by atoms with Gasteiger partial charge in [0.1, 0.15) is 19.3 Å². The van der Waals surface area contributed by atoms with Crippen LogP contribution in [0.15, 0.2) is 0 Å². The Labute approximate surface area is 505 Å². The van der Waals surface area contributed by atoms with E-state index < -0.39 is 97.5 Å². The van der Waals surface area contributed by atoms with Gasteiger partial charge in [-0.05, 0) is 37.5 Å². The van der Waals surface area contributed by atoms with Crippen molar-refractivity contribution in [3.8, 4) is 0 Å². The second kappa shape index (κ2) is 56.6. The molecule has 19 heteroatoms. The molecule has 0 aromatic heterocycles. The Morgan fingerprint density at radius 1 is 0.325 bits per heavy atom. The lowest BCUT2D eigenvalue weighted by molar-refractivity contribution is -0.161. The van der Waals surface area contributed by atoms with Gasteiger partial charge >= 0.3 is 39.5 Å². The minimum Gasteiger partial charge on any atom is -0.462 e. The molecule has 0 aliphatic carbocycles. The van der Waals surface area contributed by atoms with Crippen molar-refractivity contribution in [1.29, 1.82) is 0 Å². The third-order valence-electron chi connectivity index (χ3n) is 14.7. The van der Waals surface area contributed by atoms with Crippen LogP contribution in [0.25, 0.3) is 0 Å². The van der Waals surface area contributed by atoms with E-state index in [4.69, 9.17) is 37.0 Å². The number of phosphoric ester groups is 2. The Morgan fingerprint density at radius 2 is 0.554 bits per heavy atom. The van der Waals surface area contributed by atoms with Crippen LogP contribution in [0, 0.1) is 11.8 Å². The predicted molar refractivity (Wildman–Crippen MR) is 331 cm³/mol. The smallest absolute Gasteiger partial charge is 0.462 e. The molecular formula is C64H124O17P2. The molecule has 83 heavy (non-hydrogen) atoms. The molecule has 17 nitrogen and oxygen atoms in total. The molecule has 2 unspecified atom stereocenters. The molecule has 0 bridgehead atoms. The van der Waals surface area contributed by atoms with Crippen LogP contribution in [0.2, 0.25) is 0 Å². The zero-order chi connectivity index (χ0) is 61.5. The van der Waals surface area contributed by atoms with Gasteiger partial charge < -0.3 is 33.8 Å². The Balaban J connectivity index is 5.24. The van der Waals surface area contributed by atoms with E-state index >= 15 is 0 Å². The Bertz CT molecular complexity index is 1630.